The number of thioether (sulfide) groups is 1. The third kappa shape index (κ3) is 7.08. The summed E-state index contributed by atoms with van der Waals surface area (Å²) in [5.74, 6) is 6.93. The van der Waals surface area contributed by atoms with Gasteiger partial charge in [0.25, 0.3) is 5.95 Å². The lowest BCUT2D eigenvalue weighted by Crippen LogP contribution is -2.16. The van der Waals surface area contributed by atoms with E-state index in [1.807, 2.05) is 78.9 Å². The Kier molecular flexibility index (Phi) is 8.36. The first-order valence-corrected chi connectivity index (χ1v) is 12.3. The number of rotatable bonds is 10. The number of anilines is 2. The van der Waals surface area contributed by atoms with Gasteiger partial charge in [-0.25, -0.2) is 10.1 Å². The molecule has 1 heterocycles. The van der Waals surface area contributed by atoms with Gasteiger partial charge in [-0.15, -0.1) is 10.2 Å². The van der Waals surface area contributed by atoms with Crippen LogP contribution in [0, 0.1) is 0 Å². The van der Waals surface area contributed by atoms with Crippen molar-refractivity contribution in [3.63, 3.8) is 0 Å². The number of hydrogen-bond donors (Lipinski definition) is 3. The molecule has 9 nitrogen and oxygen atoms in total. The lowest BCUT2D eigenvalue weighted by Gasteiger charge is -2.09. The molecule has 0 unspecified atom stereocenters. The summed E-state index contributed by atoms with van der Waals surface area (Å²) in [6, 6.07) is 24.8. The summed E-state index contributed by atoms with van der Waals surface area (Å²) in [6.45, 7) is 0.450. The molecule has 0 atom stereocenters. The number of hydrazone groups is 1. The molecule has 4 rings (SSSR count). The van der Waals surface area contributed by atoms with Crippen molar-refractivity contribution in [1.29, 1.82) is 0 Å². The third-order valence-electron chi connectivity index (χ3n) is 4.63. The van der Waals surface area contributed by atoms with Crippen molar-refractivity contribution in [1.82, 2.24) is 14.9 Å². The number of ether oxygens (including phenoxy) is 1. The van der Waals surface area contributed by atoms with Crippen LogP contribution in [0.2, 0.25) is 0 Å². The predicted octanol–water partition coefficient (Wildman–Crippen LogP) is 4.51. The van der Waals surface area contributed by atoms with Gasteiger partial charge in [0.15, 0.2) is 0 Å². The van der Waals surface area contributed by atoms with Crippen LogP contribution in [-0.2, 0) is 11.4 Å². The summed E-state index contributed by atoms with van der Waals surface area (Å²) >= 11 is 4.54. The van der Waals surface area contributed by atoms with Gasteiger partial charge < -0.3 is 15.9 Å². The van der Waals surface area contributed by atoms with Crippen LogP contribution < -0.4 is 21.3 Å². The summed E-state index contributed by atoms with van der Waals surface area (Å²) in [4.78, 5) is 12.2. The van der Waals surface area contributed by atoms with Crippen molar-refractivity contribution >= 4 is 51.4 Å². The van der Waals surface area contributed by atoms with E-state index in [1.54, 1.807) is 6.21 Å². The Labute approximate surface area is 214 Å². The second kappa shape index (κ2) is 12.0. The molecule has 35 heavy (non-hydrogen) atoms. The normalized spacial score (nSPS) is 10.9. The van der Waals surface area contributed by atoms with Crippen molar-refractivity contribution in [2.45, 2.75) is 11.8 Å². The minimum absolute atomic E-state index is 0.122. The Hall–Kier alpha value is -3.83. The molecule has 0 spiro atoms. The highest BCUT2D eigenvalue weighted by Gasteiger charge is 2.12. The molecule has 4 N–H and O–H groups in total. The van der Waals surface area contributed by atoms with Crippen LogP contribution >= 0.6 is 27.7 Å². The van der Waals surface area contributed by atoms with Gasteiger partial charge in [-0.1, -0.05) is 76.2 Å². The molecule has 4 aromatic rings. The lowest BCUT2D eigenvalue weighted by atomic mass is 10.2. The highest BCUT2D eigenvalue weighted by Crippen LogP contribution is 2.20. The monoisotopic (exact) mass is 551 g/mol. The standard InChI is InChI=1S/C24H22BrN7O2S/c25-19-10-6-11-20(13-19)28-22(33)16-35-24-31-30-23(32(24)26)29-27-14-18-9-4-5-12-21(18)34-15-17-7-2-1-3-8-17/h1-14H,15-16,26H2,(H,28,33)(H,29,30)/b27-14+. The quantitative estimate of drug-likeness (QED) is 0.115. The number of benzene rings is 3. The molecule has 1 amide bonds. The number of halogens is 1. The molecule has 0 bridgehead atoms. The Morgan fingerprint density at radius 2 is 1.89 bits per heavy atom. The summed E-state index contributed by atoms with van der Waals surface area (Å²) in [5, 5.41) is 15.4. The first-order valence-electron chi connectivity index (χ1n) is 10.5. The number of carbonyl (C=O) groups is 1. The van der Waals surface area contributed by atoms with Gasteiger partial charge in [0.05, 0.1) is 12.0 Å². The van der Waals surface area contributed by atoms with Gasteiger partial charge in [-0.3, -0.25) is 4.79 Å². The zero-order chi connectivity index (χ0) is 24.5. The Morgan fingerprint density at radius 1 is 1.09 bits per heavy atom. The van der Waals surface area contributed by atoms with Gasteiger partial charge in [0, 0.05) is 15.7 Å². The highest BCUT2D eigenvalue weighted by atomic mass is 79.9. The SMILES string of the molecule is Nn1c(N/N=C/c2ccccc2OCc2ccccc2)nnc1SCC(=O)Nc1cccc(Br)c1. The van der Waals surface area contributed by atoms with E-state index in [0.717, 1.165) is 27.4 Å². The number of para-hydroxylation sites is 1. The molecule has 0 aliphatic rings. The fourth-order valence-electron chi connectivity index (χ4n) is 2.96. The topological polar surface area (TPSA) is 119 Å². The van der Waals surface area contributed by atoms with Crippen LogP contribution in [0.15, 0.2) is 93.6 Å². The van der Waals surface area contributed by atoms with Crippen LogP contribution in [0.3, 0.4) is 0 Å². The molecule has 0 radical (unpaired) electrons. The molecule has 1 aromatic heterocycles. The predicted molar refractivity (Wildman–Crippen MR) is 142 cm³/mol. The van der Waals surface area contributed by atoms with E-state index < -0.39 is 0 Å². The van der Waals surface area contributed by atoms with Crippen LogP contribution in [0.4, 0.5) is 11.6 Å². The molecule has 3 aromatic carbocycles. The number of nitrogen functional groups attached to an aromatic ring is 1. The zero-order valence-corrected chi connectivity index (χ0v) is 20.9. The summed E-state index contributed by atoms with van der Waals surface area (Å²) in [5.41, 5.74) is 5.34. The first kappa shape index (κ1) is 24.3. The molecule has 0 aliphatic carbocycles. The Morgan fingerprint density at radius 3 is 2.71 bits per heavy atom. The molecule has 11 heteroatoms. The molecule has 0 aliphatic heterocycles. The van der Waals surface area contributed by atoms with Gasteiger partial charge in [0.1, 0.15) is 12.4 Å². The molecule has 0 fully saturated rings. The van der Waals surface area contributed by atoms with E-state index in [-0.39, 0.29) is 17.6 Å². The van der Waals surface area contributed by atoms with Gasteiger partial charge >= 0.3 is 0 Å². The molecule has 0 saturated heterocycles. The number of nitrogens with two attached hydrogens (primary N) is 1. The minimum atomic E-state index is -0.185. The van der Waals surface area contributed by atoms with Crippen molar-refractivity contribution < 1.29 is 9.53 Å². The minimum Gasteiger partial charge on any atom is -0.488 e. The van der Waals surface area contributed by atoms with E-state index in [0.29, 0.717) is 23.2 Å². The maximum atomic E-state index is 12.2. The van der Waals surface area contributed by atoms with E-state index in [9.17, 15) is 4.79 Å². The van der Waals surface area contributed by atoms with Crippen LogP contribution in [0.25, 0.3) is 0 Å². The smallest absolute Gasteiger partial charge is 0.264 e. The summed E-state index contributed by atoms with van der Waals surface area (Å²) in [6.07, 6.45) is 1.62. The number of hydrogen-bond acceptors (Lipinski definition) is 8. The van der Waals surface area contributed by atoms with E-state index in [2.05, 4.69) is 42.0 Å². The van der Waals surface area contributed by atoms with E-state index in [4.69, 9.17) is 10.6 Å². The van der Waals surface area contributed by atoms with Gasteiger partial charge in [0.2, 0.25) is 11.1 Å². The lowest BCUT2D eigenvalue weighted by molar-refractivity contribution is -0.113. The van der Waals surface area contributed by atoms with Crippen molar-refractivity contribution in [2.24, 2.45) is 5.10 Å². The Bertz CT molecular complexity index is 1310. The number of carbonyl (C=O) groups excluding carboxylic acids is 1. The van der Waals surface area contributed by atoms with Gasteiger partial charge in [-0.05, 0) is 35.9 Å². The molecule has 0 saturated carbocycles. The molecular formula is C24H22BrN7O2S. The van der Waals surface area contributed by atoms with Gasteiger partial charge in [-0.2, -0.15) is 5.10 Å². The number of aromatic nitrogens is 3. The Balaban J connectivity index is 1.31. The van der Waals surface area contributed by atoms with E-state index >= 15 is 0 Å². The van der Waals surface area contributed by atoms with Crippen molar-refractivity contribution in [3.8, 4) is 5.75 Å². The number of amides is 1. The third-order valence-corrected chi connectivity index (χ3v) is 6.07. The summed E-state index contributed by atoms with van der Waals surface area (Å²) in [7, 11) is 0. The molecule has 178 valence electrons. The van der Waals surface area contributed by atoms with Crippen molar-refractivity contribution in [3.05, 3.63) is 94.5 Å². The second-order valence-electron chi connectivity index (χ2n) is 7.21. The maximum Gasteiger partial charge on any atom is 0.264 e. The summed E-state index contributed by atoms with van der Waals surface area (Å²) < 4.78 is 8.06. The maximum absolute atomic E-state index is 12.2. The molecular weight excluding hydrogens is 530 g/mol. The van der Waals surface area contributed by atoms with Crippen molar-refractivity contribution in [2.75, 3.05) is 22.3 Å². The fraction of sp³-hybridized carbons (Fsp3) is 0.0833. The second-order valence-corrected chi connectivity index (χ2v) is 9.06. The average molecular weight is 552 g/mol. The average Bonchev–Trinajstić information content (AvgIpc) is 3.22. The van der Waals surface area contributed by atoms with Crippen LogP contribution in [0.1, 0.15) is 11.1 Å². The fourth-order valence-corrected chi connectivity index (χ4v) is 4.01. The first-order chi connectivity index (χ1) is 17.1. The highest BCUT2D eigenvalue weighted by molar-refractivity contribution is 9.10. The van der Waals surface area contributed by atoms with E-state index in [1.165, 1.54) is 4.68 Å². The number of nitrogens with one attached hydrogen (secondary N) is 2. The zero-order valence-electron chi connectivity index (χ0n) is 18.5. The number of nitrogens with zero attached hydrogens (tertiary/aromatic N) is 4. The van der Waals surface area contributed by atoms with Crippen LogP contribution in [-0.4, -0.2) is 32.7 Å². The van der Waals surface area contributed by atoms with Crippen LogP contribution in [0.5, 0.6) is 5.75 Å². The largest absolute Gasteiger partial charge is 0.488 e.